The number of carbonyl (C=O) groups is 4. The Kier molecular flexibility index (Phi) is 6.68. The van der Waals surface area contributed by atoms with Gasteiger partial charge in [0.25, 0.3) is 17.7 Å². The Morgan fingerprint density at radius 1 is 0.882 bits per heavy atom. The topological polar surface area (TPSA) is 137 Å². The minimum absolute atomic E-state index is 0.100. The summed E-state index contributed by atoms with van der Waals surface area (Å²) in [6, 6.07) is 17.6. The number of carboxylic acids is 1. The first kappa shape index (κ1) is 23.1. The third-order valence-corrected chi connectivity index (χ3v) is 5.70. The maximum absolute atomic E-state index is 12.5. The van der Waals surface area contributed by atoms with Crippen LogP contribution in [0.3, 0.4) is 0 Å². The van der Waals surface area contributed by atoms with Gasteiger partial charge in [0, 0.05) is 26.8 Å². The van der Waals surface area contributed by atoms with Gasteiger partial charge in [0.2, 0.25) is 0 Å². The van der Waals surface area contributed by atoms with Gasteiger partial charge in [0.05, 0.1) is 11.3 Å². The van der Waals surface area contributed by atoms with E-state index in [1.54, 1.807) is 30.3 Å². The normalized spacial score (nSPS) is 13.2. The molecule has 1 heterocycles. The van der Waals surface area contributed by atoms with E-state index in [0.717, 1.165) is 9.13 Å². The molecule has 3 aromatic carbocycles. The van der Waals surface area contributed by atoms with Gasteiger partial charge in [-0.2, -0.15) is 5.10 Å². The molecule has 0 fully saturated rings. The predicted octanol–water partition coefficient (Wildman–Crippen LogP) is 3.01. The van der Waals surface area contributed by atoms with Crippen molar-refractivity contribution in [2.24, 2.45) is 5.10 Å². The summed E-state index contributed by atoms with van der Waals surface area (Å²) in [5, 5.41) is 18.4. The number of rotatable bonds is 6. The largest absolute Gasteiger partial charge is 0.478 e. The Labute approximate surface area is 207 Å². The van der Waals surface area contributed by atoms with Gasteiger partial charge >= 0.3 is 5.97 Å². The Morgan fingerprint density at radius 2 is 1.50 bits per heavy atom. The van der Waals surface area contributed by atoms with E-state index >= 15 is 0 Å². The molecular formula is C24H17IN4O5. The van der Waals surface area contributed by atoms with Gasteiger partial charge in [-0.05, 0) is 82.8 Å². The third kappa shape index (κ3) is 5.12. The standard InChI is InChI=1S/C24H17IN4O5/c25-17-9-10-19-18(11-17)20(23(32)27-19)28-29-22(31)15-3-1-13(2-4-15)12-26-21(30)14-5-7-16(8-6-14)24(33)34/h1-11H,12H2,(H,26,30)(H,29,31)(H,33,34)(H,27,28,32). The van der Waals surface area contributed by atoms with Crippen LogP contribution < -0.4 is 16.1 Å². The minimum atomic E-state index is -1.06. The van der Waals surface area contributed by atoms with Gasteiger partial charge in [0.1, 0.15) is 0 Å². The molecule has 1 aliphatic rings. The number of hydrogen-bond acceptors (Lipinski definition) is 5. The van der Waals surface area contributed by atoms with Crippen LogP contribution in [-0.4, -0.2) is 34.5 Å². The second-order valence-corrected chi connectivity index (χ2v) is 8.55. The lowest BCUT2D eigenvalue weighted by Gasteiger charge is -2.07. The van der Waals surface area contributed by atoms with Crippen LogP contribution in [0.25, 0.3) is 0 Å². The molecule has 4 rings (SSSR count). The highest BCUT2D eigenvalue weighted by molar-refractivity contribution is 14.1. The third-order valence-electron chi connectivity index (χ3n) is 5.03. The molecule has 3 amide bonds. The number of anilines is 1. The fourth-order valence-electron chi connectivity index (χ4n) is 3.23. The van der Waals surface area contributed by atoms with Crippen molar-refractivity contribution >= 4 is 57.7 Å². The number of carboxylic acid groups (broad SMARTS) is 1. The zero-order chi connectivity index (χ0) is 24.2. The molecule has 0 aromatic heterocycles. The Hall–Kier alpha value is -4.06. The first-order chi connectivity index (χ1) is 16.3. The summed E-state index contributed by atoms with van der Waals surface area (Å²) in [6.45, 7) is 0.222. The Bertz CT molecular complexity index is 1330. The molecule has 170 valence electrons. The van der Waals surface area contributed by atoms with E-state index in [-0.39, 0.29) is 29.6 Å². The molecule has 0 saturated carbocycles. The quantitative estimate of drug-likeness (QED) is 0.268. The fourth-order valence-corrected chi connectivity index (χ4v) is 3.72. The number of nitrogens with zero attached hydrogens (tertiary/aromatic N) is 1. The molecule has 34 heavy (non-hydrogen) atoms. The van der Waals surface area contributed by atoms with E-state index in [0.29, 0.717) is 22.4 Å². The van der Waals surface area contributed by atoms with Crippen LogP contribution in [0.15, 0.2) is 71.8 Å². The molecule has 4 N–H and O–H groups in total. The molecule has 0 atom stereocenters. The lowest BCUT2D eigenvalue weighted by molar-refractivity contribution is -0.110. The van der Waals surface area contributed by atoms with Gasteiger partial charge in [-0.1, -0.05) is 12.1 Å². The minimum Gasteiger partial charge on any atom is -0.478 e. The number of carbonyl (C=O) groups excluding carboxylic acids is 3. The summed E-state index contributed by atoms with van der Waals surface area (Å²) in [5.41, 5.74) is 5.35. The predicted molar refractivity (Wildman–Crippen MR) is 133 cm³/mol. The summed E-state index contributed by atoms with van der Waals surface area (Å²) in [7, 11) is 0. The van der Waals surface area contributed by atoms with Crippen molar-refractivity contribution in [2.45, 2.75) is 6.54 Å². The molecule has 10 heteroatoms. The molecule has 0 radical (unpaired) electrons. The molecule has 9 nitrogen and oxygen atoms in total. The number of fused-ring (bicyclic) bond motifs is 1. The summed E-state index contributed by atoms with van der Waals surface area (Å²) >= 11 is 2.13. The number of hydrazone groups is 1. The van der Waals surface area contributed by atoms with Crippen LogP contribution >= 0.6 is 22.6 Å². The molecule has 0 spiro atoms. The van der Waals surface area contributed by atoms with Gasteiger partial charge in [-0.25, -0.2) is 10.2 Å². The van der Waals surface area contributed by atoms with Gasteiger partial charge < -0.3 is 15.7 Å². The zero-order valence-corrected chi connectivity index (χ0v) is 19.6. The lowest BCUT2D eigenvalue weighted by atomic mass is 10.1. The second-order valence-electron chi connectivity index (χ2n) is 7.31. The van der Waals surface area contributed by atoms with Crippen molar-refractivity contribution < 1.29 is 24.3 Å². The highest BCUT2D eigenvalue weighted by Crippen LogP contribution is 2.25. The van der Waals surface area contributed by atoms with Crippen molar-refractivity contribution in [3.63, 3.8) is 0 Å². The summed E-state index contributed by atoms with van der Waals surface area (Å²) < 4.78 is 0.937. The first-order valence-electron chi connectivity index (χ1n) is 10.0. The smallest absolute Gasteiger partial charge is 0.335 e. The molecule has 3 aromatic rings. The number of nitrogens with one attached hydrogen (secondary N) is 3. The van der Waals surface area contributed by atoms with E-state index in [9.17, 15) is 19.2 Å². The molecule has 1 aliphatic heterocycles. The van der Waals surface area contributed by atoms with Crippen LogP contribution in [0.4, 0.5) is 5.69 Å². The van der Waals surface area contributed by atoms with Gasteiger partial charge in [-0.3, -0.25) is 14.4 Å². The number of hydrogen-bond donors (Lipinski definition) is 4. The molecule has 0 saturated heterocycles. The number of halogens is 1. The Morgan fingerprint density at radius 3 is 2.18 bits per heavy atom. The van der Waals surface area contributed by atoms with Gasteiger partial charge in [-0.15, -0.1) is 0 Å². The van der Waals surface area contributed by atoms with Crippen molar-refractivity contribution in [1.29, 1.82) is 0 Å². The first-order valence-corrected chi connectivity index (χ1v) is 11.1. The summed E-state index contributed by atoms with van der Waals surface area (Å²) in [4.78, 5) is 47.8. The highest BCUT2D eigenvalue weighted by Gasteiger charge is 2.26. The van der Waals surface area contributed by atoms with Crippen LogP contribution in [0.5, 0.6) is 0 Å². The Balaban J connectivity index is 1.35. The maximum Gasteiger partial charge on any atom is 0.335 e. The second kappa shape index (κ2) is 9.83. The molecule has 0 unspecified atom stereocenters. The fraction of sp³-hybridized carbons (Fsp3) is 0.0417. The average molecular weight is 568 g/mol. The van der Waals surface area contributed by atoms with Crippen LogP contribution in [0.2, 0.25) is 0 Å². The monoisotopic (exact) mass is 568 g/mol. The lowest BCUT2D eigenvalue weighted by Crippen LogP contribution is -2.24. The van der Waals surface area contributed by atoms with E-state index in [4.69, 9.17) is 5.11 Å². The van der Waals surface area contributed by atoms with Crippen molar-refractivity contribution in [3.8, 4) is 0 Å². The summed E-state index contributed by atoms with van der Waals surface area (Å²) in [5.74, 6) is -2.28. The number of aromatic carboxylic acids is 1. The van der Waals surface area contributed by atoms with Crippen LogP contribution in [0, 0.1) is 3.57 Å². The van der Waals surface area contributed by atoms with E-state index in [1.165, 1.54) is 24.3 Å². The summed E-state index contributed by atoms with van der Waals surface area (Å²) in [6.07, 6.45) is 0. The van der Waals surface area contributed by atoms with Crippen molar-refractivity contribution in [3.05, 3.63) is 98.1 Å². The highest BCUT2D eigenvalue weighted by atomic mass is 127. The van der Waals surface area contributed by atoms with E-state index in [1.807, 2.05) is 12.1 Å². The van der Waals surface area contributed by atoms with E-state index in [2.05, 4.69) is 43.8 Å². The average Bonchev–Trinajstić information content (AvgIpc) is 3.15. The number of amides is 3. The molecule has 0 bridgehead atoms. The van der Waals surface area contributed by atoms with Gasteiger partial charge in [0.15, 0.2) is 5.71 Å². The maximum atomic E-state index is 12.5. The van der Waals surface area contributed by atoms with Crippen LogP contribution in [-0.2, 0) is 11.3 Å². The van der Waals surface area contributed by atoms with Crippen LogP contribution in [0.1, 0.15) is 42.2 Å². The SMILES string of the molecule is O=C1Nc2ccc(I)cc2/C1=N/NC(=O)c1ccc(CNC(=O)c2ccc(C(=O)O)cc2)cc1. The zero-order valence-electron chi connectivity index (χ0n) is 17.5. The van der Waals surface area contributed by atoms with E-state index < -0.39 is 11.9 Å². The number of benzene rings is 3. The molecule has 0 aliphatic carbocycles. The van der Waals surface area contributed by atoms with Crippen molar-refractivity contribution in [1.82, 2.24) is 10.7 Å². The van der Waals surface area contributed by atoms with Crippen molar-refractivity contribution in [2.75, 3.05) is 5.32 Å². The molecular weight excluding hydrogens is 551 g/mol.